The predicted molar refractivity (Wildman–Crippen MR) is 264 cm³/mol. The summed E-state index contributed by atoms with van der Waals surface area (Å²) in [6, 6.07) is 0. The third kappa shape index (κ3) is 8.37. The highest BCUT2D eigenvalue weighted by Gasteiger charge is 2.79. The van der Waals surface area contributed by atoms with Crippen molar-refractivity contribution in [2.75, 3.05) is 0 Å². The lowest BCUT2D eigenvalue weighted by Crippen LogP contribution is -2.63. The second-order valence-electron chi connectivity index (χ2n) is 26.9. The lowest BCUT2D eigenvalue weighted by atomic mass is 9.78. The molecule has 32 atom stereocenters. The molecule has 0 saturated carbocycles. The second kappa shape index (κ2) is 18.6. The Morgan fingerprint density at radius 1 is 0.506 bits per heavy atom. The zero-order valence-electron chi connectivity index (χ0n) is 45.3. The van der Waals surface area contributed by atoms with Crippen molar-refractivity contribution in [2.45, 2.75) is 307 Å². The van der Waals surface area contributed by atoms with Crippen LogP contribution in [0.2, 0.25) is 0 Å². The van der Waals surface area contributed by atoms with E-state index in [0.29, 0.717) is 70.6 Å². The van der Waals surface area contributed by atoms with Gasteiger partial charge in [0.15, 0.2) is 17.7 Å². The first-order valence-corrected chi connectivity index (χ1v) is 29.8. The summed E-state index contributed by atoms with van der Waals surface area (Å²) in [5.41, 5.74) is 2.02. The Hall–Kier alpha value is -1.73. The van der Waals surface area contributed by atoms with E-state index in [-0.39, 0.29) is 110 Å². The molecule has 19 nitrogen and oxygen atoms in total. The molecule has 77 heavy (non-hydrogen) atoms. The molecule has 3 spiro atoms. The predicted octanol–water partition coefficient (Wildman–Crippen LogP) is 4.49. The van der Waals surface area contributed by atoms with Gasteiger partial charge in [0.1, 0.15) is 36.6 Å². The first-order valence-electron chi connectivity index (χ1n) is 29.8. The van der Waals surface area contributed by atoms with Gasteiger partial charge in [-0.15, -0.1) is 0 Å². The number of hydrogen-bond donors (Lipinski definition) is 3. The molecule has 0 amide bonds. The maximum absolute atomic E-state index is 14.6. The number of ether oxygens (including phenoxy) is 15. The van der Waals surface area contributed by atoms with E-state index >= 15 is 0 Å². The van der Waals surface area contributed by atoms with Gasteiger partial charge in [-0.05, 0) is 80.8 Å². The molecule has 0 aromatic heterocycles. The van der Waals surface area contributed by atoms with Crippen molar-refractivity contribution in [3.8, 4) is 0 Å². The Kier molecular flexibility index (Phi) is 12.6. The van der Waals surface area contributed by atoms with Crippen LogP contribution >= 0.6 is 0 Å². The maximum Gasteiger partial charge on any atom is 0.308 e. The van der Waals surface area contributed by atoms with Gasteiger partial charge in [0.05, 0.1) is 110 Å². The average Bonchev–Trinajstić information content (AvgIpc) is 4.21. The van der Waals surface area contributed by atoms with Gasteiger partial charge in [-0.3, -0.25) is 4.79 Å². The summed E-state index contributed by atoms with van der Waals surface area (Å²) in [5, 5.41) is 34.5. The van der Waals surface area contributed by atoms with E-state index in [9.17, 15) is 20.1 Å². The van der Waals surface area contributed by atoms with Gasteiger partial charge in [0.2, 0.25) is 11.6 Å². The molecule has 16 saturated heterocycles. The van der Waals surface area contributed by atoms with Crippen LogP contribution in [0.3, 0.4) is 0 Å². The fourth-order valence-corrected chi connectivity index (χ4v) is 17.8. The summed E-state index contributed by atoms with van der Waals surface area (Å²) < 4.78 is 102. The number of esters is 1. The molecule has 16 aliphatic heterocycles. The Labute approximate surface area is 450 Å². The van der Waals surface area contributed by atoms with Crippen molar-refractivity contribution >= 4 is 5.97 Å². The normalized spacial score (nSPS) is 60.6. The summed E-state index contributed by atoms with van der Waals surface area (Å²) in [7, 11) is 0. The van der Waals surface area contributed by atoms with Crippen LogP contribution in [0.25, 0.3) is 0 Å². The molecule has 16 rings (SSSR count). The molecule has 0 radical (unpaired) electrons. The van der Waals surface area contributed by atoms with E-state index in [1.165, 1.54) is 0 Å². The quantitative estimate of drug-likeness (QED) is 0.225. The van der Waals surface area contributed by atoms with E-state index in [1.807, 2.05) is 6.92 Å². The van der Waals surface area contributed by atoms with Crippen molar-refractivity contribution in [2.24, 2.45) is 23.7 Å². The minimum atomic E-state index is -2.02. The van der Waals surface area contributed by atoms with Crippen LogP contribution in [-0.2, 0) is 75.8 Å². The zero-order chi connectivity index (χ0) is 52.8. The smallest absolute Gasteiger partial charge is 0.308 e. The first kappa shape index (κ1) is 52.1. The topological polar surface area (TPSA) is 216 Å². The maximum atomic E-state index is 14.6. The van der Waals surface area contributed by atoms with Crippen molar-refractivity contribution in [3.63, 3.8) is 0 Å². The van der Waals surface area contributed by atoms with Gasteiger partial charge >= 0.3 is 5.97 Å². The second-order valence-corrected chi connectivity index (χ2v) is 26.9. The Morgan fingerprint density at radius 3 is 2.05 bits per heavy atom. The third-order valence-corrected chi connectivity index (χ3v) is 21.6. The SMILES string of the molecule is C=C1C[C@@H]2CC[C@@]34O[C@H]5[C@H]6O[C@H](CC[C@@H]6OC6[C@H]5OC(O)([C@@H]6O3)[C@H]4O)CC(=O)O[C@@H]3[C@@H](C)[C@@H]4O[C@@H]5C[C@]6(C[C@@H]7O[C@]8(C[C@H](C)[C@@H]9O[C@H](C)[C@H](O)C[C@@H]9O8)C[C@H](C)[C@@H]7O6)OC5C[C@@H]4O[C@H]3CC3O[C@@H](CCC1O2)C[C@@H](C)C3=C. The number of aliphatic hydroxyl groups is 3. The molecule has 0 aliphatic carbocycles. The zero-order valence-corrected chi connectivity index (χ0v) is 45.3. The van der Waals surface area contributed by atoms with Crippen LogP contribution in [0.1, 0.15) is 137 Å². The first-order chi connectivity index (χ1) is 36.8. The number of carbonyl (C=O) groups is 1. The van der Waals surface area contributed by atoms with E-state index < -0.39 is 102 Å². The molecule has 428 valence electrons. The summed E-state index contributed by atoms with van der Waals surface area (Å²) in [4.78, 5) is 14.6. The number of carbonyl (C=O) groups excluding carboxylic acids is 1. The molecule has 19 heteroatoms. The van der Waals surface area contributed by atoms with Gasteiger partial charge < -0.3 is 86.4 Å². The Balaban J connectivity index is 0.678. The summed E-state index contributed by atoms with van der Waals surface area (Å²) in [6.07, 6.45) is -2.42. The highest BCUT2D eigenvalue weighted by atomic mass is 16.8. The monoisotopic (exact) mass is 1080 g/mol. The number of hydrogen-bond acceptors (Lipinski definition) is 19. The van der Waals surface area contributed by atoms with Crippen molar-refractivity contribution < 1.29 is 91.2 Å². The van der Waals surface area contributed by atoms with Crippen LogP contribution in [0.15, 0.2) is 24.3 Å². The minimum absolute atomic E-state index is 0.0227. The molecular weight excluding hydrogens is 1000 g/mol. The summed E-state index contributed by atoms with van der Waals surface area (Å²) >= 11 is 0. The minimum Gasteiger partial charge on any atom is -0.459 e. The van der Waals surface area contributed by atoms with Crippen LogP contribution in [0.4, 0.5) is 0 Å². The highest BCUT2D eigenvalue weighted by Crippen LogP contribution is 2.59. The molecule has 3 N–H and O–H groups in total. The standard InChI is InChI=1S/C58H82O19/c1-24-14-31-8-10-35-25(2)15-33(64-35)12-13-57-54(61)58(62)53(77-57)52-51(76-58)50(75-57)49-36(68-52)11-9-32(66-49)16-44(60)70-48-29(6)47-40(67-39(48)18-37(65-31)28(24)5)19-38-42(69-47)22-56(71-38)23-43-46(74-56)27(4)21-55(73-43)20-26(3)45-41(72-55)17-34(59)30(7)63-45/h24,26-27,29-43,45-54,59,61-62H,2,5,8-23H2,1,3-4,6-7H3/t24-,26+,27+,29+,30-,31+,32-,33+,34-,35?,36+,37?,38?,39+,40+,41+,42-,43+,45+,46+,47+,48-,49+,50+,51+,52?,53-,54+,55-,56+,57-,58?/m1/s1. The van der Waals surface area contributed by atoms with Crippen molar-refractivity contribution in [1.29, 1.82) is 0 Å². The average molecular weight is 1080 g/mol. The number of aliphatic hydroxyl groups excluding tert-OH is 2. The van der Waals surface area contributed by atoms with E-state index in [1.54, 1.807) is 0 Å². The van der Waals surface area contributed by atoms with E-state index in [4.69, 9.17) is 71.1 Å². The molecule has 0 aromatic rings. The number of fused-ring (bicyclic) bond motifs is 10. The fraction of sp³-hybridized carbons (Fsp3) is 0.914. The highest BCUT2D eigenvalue weighted by molar-refractivity contribution is 5.70. The van der Waals surface area contributed by atoms with Crippen molar-refractivity contribution in [3.05, 3.63) is 24.3 Å². The van der Waals surface area contributed by atoms with E-state index in [0.717, 1.165) is 30.4 Å². The molecule has 16 heterocycles. The van der Waals surface area contributed by atoms with Crippen molar-refractivity contribution in [1.82, 2.24) is 0 Å². The van der Waals surface area contributed by atoms with E-state index in [2.05, 4.69) is 40.9 Å². The fourth-order valence-electron chi connectivity index (χ4n) is 17.8. The third-order valence-electron chi connectivity index (χ3n) is 21.6. The summed E-state index contributed by atoms with van der Waals surface area (Å²) in [6.45, 7) is 19.7. The van der Waals surface area contributed by atoms with Crippen LogP contribution in [-0.4, -0.2) is 191 Å². The molecule has 16 fully saturated rings. The van der Waals surface area contributed by atoms with Crippen LogP contribution < -0.4 is 0 Å². The van der Waals surface area contributed by atoms with Gasteiger partial charge in [-0.2, -0.15) is 0 Å². The number of rotatable bonds is 0. The Bertz CT molecular complexity index is 2340. The van der Waals surface area contributed by atoms with Crippen LogP contribution in [0, 0.1) is 23.7 Å². The lowest BCUT2D eigenvalue weighted by molar-refractivity contribution is -0.370. The lowest BCUT2D eigenvalue weighted by Gasteiger charge is -2.54. The van der Waals surface area contributed by atoms with Gasteiger partial charge in [-0.1, -0.05) is 40.9 Å². The summed E-state index contributed by atoms with van der Waals surface area (Å²) in [5.74, 6) is -5.50. The van der Waals surface area contributed by atoms with Crippen LogP contribution in [0.5, 0.6) is 0 Å². The van der Waals surface area contributed by atoms with Gasteiger partial charge in [-0.25, -0.2) is 0 Å². The van der Waals surface area contributed by atoms with Gasteiger partial charge in [0, 0.05) is 57.3 Å². The molecule has 12 bridgehead atoms. The molecular formula is C58H82O19. The molecule has 0 aromatic carbocycles. The van der Waals surface area contributed by atoms with Gasteiger partial charge in [0.25, 0.3) is 0 Å². The largest absolute Gasteiger partial charge is 0.459 e. The Morgan fingerprint density at radius 2 is 1.21 bits per heavy atom. The molecule has 5 unspecified atom stereocenters. The molecule has 16 aliphatic rings.